The van der Waals surface area contributed by atoms with Crippen molar-refractivity contribution in [2.45, 2.75) is 258 Å². The van der Waals surface area contributed by atoms with Crippen molar-refractivity contribution in [1.29, 1.82) is 0 Å². The van der Waals surface area contributed by atoms with Crippen molar-refractivity contribution in [3.05, 3.63) is 108 Å². The van der Waals surface area contributed by atoms with Gasteiger partial charge in [-0.2, -0.15) is 4.58 Å². The average Bonchev–Trinajstić information content (AvgIpc) is 3.66. The van der Waals surface area contributed by atoms with Crippen LogP contribution >= 0.6 is 0 Å². The summed E-state index contributed by atoms with van der Waals surface area (Å²) in [5.41, 5.74) is 8.55. The number of unbranched alkanes of at least 4 members (excludes halogenated alkanes) is 30. The van der Waals surface area contributed by atoms with Gasteiger partial charge >= 0.3 is 0 Å². The predicted molar refractivity (Wildman–Crippen MR) is 291 cm³/mol. The molecule has 2 aromatic rings. The summed E-state index contributed by atoms with van der Waals surface area (Å²) < 4.78 is 2.62. The van der Waals surface area contributed by atoms with Crippen LogP contribution in [0, 0.1) is 0 Å². The molecule has 2 aromatic carbocycles. The number of fused-ring (bicyclic) bond motifs is 2. The normalized spacial score (nSPS) is 15.8. The van der Waals surface area contributed by atoms with Crippen LogP contribution in [0.25, 0.3) is 0 Å². The van der Waals surface area contributed by atoms with E-state index in [-0.39, 0.29) is 27.8 Å². The second kappa shape index (κ2) is 34.6. The van der Waals surface area contributed by atoms with Gasteiger partial charge in [0.25, 0.3) is 0 Å². The maximum Gasteiger partial charge on any atom is 0.209 e. The fourth-order valence-electron chi connectivity index (χ4n) is 10.9. The molecule has 0 aliphatic carbocycles. The fraction of sp³-hybridized carbons (Fsp3) is 0.667. The van der Waals surface area contributed by atoms with Gasteiger partial charge < -0.3 is 21.9 Å². The molecule has 3 heteroatoms. The summed E-state index contributed by atoms with van der Waals surface area (Å²) >= 11 is 0. The van der Waals surface area contributed by atoms with E-state index in [0.717, 1.165) is 13.1 Å². The van der Waals surface area contributed by atoms with Gasteiger partial charge in [0, 0.05) is 47.5 Å². The highest BCUT2D eigenvalue weighted by atomic mass is 79.9. The Hall–Kier alpha value is -2.65. The van der Waals surface area contributed by atoms with Gasteiger partial charge in [-0.25, -0.2) is 0 Å². The summed E-state index contributed by atoms with van der Waals surface area (Å²) in [4.78, 5) is 2.62. The van der Waals surface area contributed by atoms with Crippen molar-refractivity contribution in [3.63, 3.8) is 0 Å². The van der Waals surface area contributed by atoms with Gasteiger partial charge in [-0.1, -0.05) is 281 Å². The lowest BCUT2D eigenvalue weighted by molar-refractivity contribution is -0.438. The van der Waals surface area contributed by atoms with Crippen molar-refractivity contribution in [2.24, 2.45) is 0 Å². The first-order chi connectivity index (χ1) is 31.8. The molecule has 0 saturated carbocycles. The topological polar surface area (TPSA) is 6.25 Å². The predicted octanol–water partition coefficient (Wildman–Crippen LogP) is 16.9. The third-order valence-electron chi connectivity index (χ3n) is 15.0. The molecule has 0 fully saturated rings. The molecule has 66 heavy (non-hydrogen) atoms. The van der Waals surface area contributed by atoms with Gasteiger partial charge in [0.2, 0.25) is 5.69 Å². The third-order valence-corrected chi connectivity index (χ3v) is 15.0. The molecule has 0 amide bonds. The Balaban J connectivity index is 0.0000116. The van der Waals surface area contributed by atoms with Gasteiger partial charge in [0.05, 0.1) is 5.41 Å². The fourth-order valence-corrected chi connectivity index (χ4v) is 10.9. The quantitative estimate of drug-likeness (QED) is 0.0369. The molecule has 4 rings (SSSR count). The molecular weight excluding hydrogens is 865 g/mol. The van der Waals surface area contributed by atoms with E-state index in [9.17, 15) is 0 Å². The van der Waals surface area contributed by atoms with Crippen LogP contribution in [0.3, 0.4) is 0 Å². The highest BCUT2D eigenvalue weighted by molar-refractivity contribution is 6.03. The number of para-hydroxylation sites is 2. The van der Waals surface area contributed by atoms with Crippen molar-refractivity contribution >= 4 is 17.1 Å². The molecule has 0 atom stereocenters. The zero-order valence-corrected chi connectivity index (χ0v) is 45.6. The number of hydrogen-bond acceptors (Lipinski definition) is 1. The number of hydrogen-bond donors (Lipinski definition) is 0. The van der Waals surface area contributed by atoms with Crippen LogP contribution < -0.4 is 21.9 Å². The molecule has 0 spiro atoms. The molecule has 2 aliphatic heterocycles. The highest BCUT2D eigenvalue weighted by Gasteiger charge is 2.44. The van der Waals surface area contributed by atoms with E-state index in [4.69, 9.17) is 0 Å². The van der Waals surface area contributed by atoms with Crippen LogP contribution in [-0.2, 0) is 10.8 Å². The molecule has 370 valence electrons. The Morgan fingerprint density at radius 2 is 0.818 bits per heavy atom. The van der Waals surface area contributed by atoms with Crippen LogP contribution in [0.4, 0.5) is 11.4 Å². The van der Waals surface area contributed by atoms with Gasteiger partial charge in [0.15, 0.2) is 5.71 Å². The summed E-state index contributed by atoms with van der Waals surface area (Å²) in [5, 5.41) is 0. The smallest absolute Gasteiger partial charge is 0.209 e. The van der Waals surface area contributed by atoms with E-state index in [1.54, 1.807) is 0 Å². The minimum atomic E-state index is -0.00478. The van der Waals surface area contributed by atoms with E-state index in [2.05, 4.69) is 142 Å². The maximum absolute atomic E-state index is 2.62. The minimum absolute atomic E-state index is 0. The number of rotatable bonds is 38. The van der Waals surface area contributed by atoms with Crippen molar-refractivity contribution in [2.75, 3.05) is 18.0 Å². The van der Waals surface area contributed by atoms with Crippen LogP contribution in [-0.4, -0.2) is 23.4 Å². The molecule has 0 saturated heterocycles. The molecule has 0 aromatic heterocycles. The van der Waals surface area contributed by atoms with E-state index in [1.807, 2.05) is 0 Å². The van der Waals surface area contributed by atoms with Crippen LogP contribution in [0.5, 0.6) is 0 Å². The lowest BCUT2D eigenvalue weighted by atomic mass is 9.81. The maximum atomic E-state index is 2.62. The molecule has 0 radical (unpaired) electrons. The minimum Gasteiger partial charge on any atom is -1.00 e. The van der Waals surface area contributed by atoms with E-state index >= 15 is 0 Å². The molecule has 2 nitrogen and oxygen atoms in total. The summed E-state index contributed by atoms with van der Waals surface area (Å²) in [5.74, 6) is 0. The lowest BCUT2D eigenvalue weighted by Crippen LogP contribution is -3.00. The first kappa shape index (κ1) is 57.7. The number of halogens is 1. The Kier molecular flexibility index (Phi) is 30.2. The zero-order chi connectivity index (χ0) is 46.3. The Labute approximate surface area is 420 Å². The Bertz CT molecular complexity index is 1720. The van der Waals surface area contributed by atoms with Gasteiger partial charge in [-0.3, -0.25) is 0 Å². The van der Waals surface area contributed by atoms with Crippen molar-refractivity contribution in [3.8, 4) is 0 Å². The van der Waals surface area contributed by atoms with E-state index in [0.29, 0.717) is 0 Å². The Morgan fingerprint density at radius 3 is 1.32 bits per heavy atom. The largest absolute Gasteiger partial charge is 1.00 e. The van der Waals surface area contributed by atoms with Gasteiger partial charge in [-0.05, 0) is 44.4 Å². The second-order valence-corrected chi connectivity index (χ2v) is 21.3. The first-order valence-electron chi connectivity index (χ1n) is 28.2. The summed E-state index contributed by atoms with van der Waals surface area (Å²) in [6.07, 6.45) is 61.1. The van der Waals surface area contributed by atoms with Crippen LogP contribution in [0.2, 0.25) is 0 Å². The molecular formula is C63H101BrN2. The number of anilines is 1. The summed E-state index contributed by atoms with van der Waals surface area (Å²) in [7, 11) is 0. The summed E-state index contributed by atoms with van der Waals surface area (Å²) in [6.45, 7) is 16.4. The second-order valence-electron chi connectivity index (χ2n) is 21.3. The SMILES string of the molecule is CCCCCCCCCCCCCCCCCCN1C(=CC=CC=CC=CC2=[N+](CCCCCCCCCCCCCCCCCC)c3ccccc3C2(C)C)C(C)(C)c2ccccc21.[Br-]. The third kappa shape index (κ3) is 20.1. The van der Waals surface area contributed by atoms with Crippen LogP contribution in [0.1, 0.15) is 258 Å². The Morgan fingerprint density at radius 1 is 0.424 bits per heavy atom. The molecule has 0 bridgehead atoms. The first-order valence-corrected chi connectivity index (χ1v) is 28.2. The van der Waals surface area contributed by atoms with E-state index in [1.165, 1.54) is 239 Å². The molecule has 2 aliphatic rings. The number of benzene rings is 2. The van der Waals surface area contributed by atoms with Crippen molar-refractivity contribution < 1.29 is 21.6 Å². The van der Waals surface area contributed by atoms with Crippen LogP contribution in [0.15, 0.2) is 96.8 Å². The average molecular weight is 966 g/mol. The van der Waals surface area contributed by atoms with Crippen molar-refractivity contribution in [1.82, 2.24) is 0 Å². The highest BCUT2D eigenvalue weighted by Crippen LogP contribution is 2.47. The number of nitrogens with zero attached hydrogens (tertiary/aromatic N) is 2. The molecule has 2 heterocycles. The standard InChI is InChI=1S/C63H101N2.BrH/c1-7-9-11-13-15-17-19-21-23-25-27-29-31-33-38-46-54-64-58-50-44-42-48-56(58)62(3,4)60(64)52-40-36-35-37-41-53-61-63(5,6)57-49-43-45-51-59(57)65(61)55-47-39-34-32-30-28-26-24-22-20-18-16-14-12-10-8-2;/h35-37,40-45,48-53H,7-34,38-39,46-47,54-55H2,1-6H3;1H/q+1;/p-1. The lowest BCUT2D eigenvalue weighted by Gasteiger charge is -2.27. The van der Waals surface area contributed by atoms with Gasteiger partial charge in [-0.15, -0.1) is 0 Å². The van der Waals surface area contributed by atoms with Gasteiger partial charge in [0.1, 0.15) is 6.54 Å². The zero-order valence-electron chi connectivity index (χ0n) is 44.0. The molecule has 0 N–H and O–H groups in total. The number of allylic oxidation sites excluding steroid dienone is 8. The summed E-state index contributed by atoms with van der Waals surface area (Å²) in [6, 6.07) is 18.2. The molecule has 0 unspecified atom stereocenters. The van der Waals surface area contributed by atoms with E-state index < -0.39 is 0 Å². The monoisotopic (exact) mass is 965 g/mol.